The van der Waals surface area contributed by atoms with E-state index in [0.29, 0.717) is 36.8 Å². The molecule has 2 atom stereocenters. The van der Waals surface area contributed by atoms with Gasteiger partial charge in [-0.15, -0.1) is 0 Å². The number of nitrogens with zero attached hydrogens (tertiary/aromatic N) is 4. The number of hydrogen-bond donors (Lipinski definition) is 1. The van der Waals surface area contributed by atoms with Gasteiger partial charge in [0.15, 0.2) is 0 Å². The van der Waals surface area contributed by atoms with E-state index < -0.39 is 18.0 Å². The molecule has 242 valence electrons. The average Bonchev–Trinajstić information content (AvgIpc) is 3.51. The van der Waals surface area contributed by atoms with Crippen molar-refractivity contribution in [2.24, 2.45) is 0 Å². The Hall–Kier alpha value is -2.18. The fourth-order valence-corrected chi connectivity index (χ4v) is 7.32. The molecular weight excluding hydrogens is 637 g/mol. The molecule has 1 aliphatic carbocycles. The van der Waals surface area contributed by atoms with E-state index in [1.165, 1.54) is 18.6 Å². The zero-order chi connectivity index (χ0) is 31.5. The minimum Gasteiger partial charge on any atom is -0.375 e. The fraction of sp³-hybridized carbons (Fsp3) is 0.606. The van der Waals surface area contributed by atoms with Crippen molar-refractivity contribution in [3.05, 3.63) is 59.7 Å². The Morgan fingerprint density at radius 2 is 1.59 bits per heavy atom. The number of urea groups is 1. The van der Waals surface area contributed by atoms with Gasteiger partial charge < -0.3 is 19.6 Å². The van der Waals surface area contributed by atoms with Crippen LogP contribution in [-0.2, 0) is 10.9 Å². The van der Waals surface area contributed by atoms with Crippen LogP contribution in [0.3, 0.4) is 0 Å². The molecule has 0 aromatic heterocycles. The predicted molar refractivity (Wildman–Crippen MR) is 169 cm³/mol. The number of hydrogen-bond acceptors (Lipinski definition) is 5. The maximum atomic E-state index is 13.3. The number of aliphatic hydroxyl groups excluding tert-OH is 1. The summed E-state index contributed by atoms with van der Waals surface area (Å²) in [4.78, 5) is 21.4. The summed E-state index contributed by atoms with van der Waals surface area (Å²) in [7, 11) is 3.73. The Kier molecular flexibility index (Phi) is 10.6. The van der Waals surface area contributed by atoms with E-state index in [4.69, 9.17) is 4.74 Å². The van der Waals surface area contributed by atoms with Gasteiger partial charge in [-0.3, -0.25) is 9.80 Å². The quantitative estimate of drug-likeness (QED) is 0.239. The molecule has 2 saturated heterocycles. The number of carbonyl (C=O) groups is 1. The van der Waals surface area contributed by atoms with Crippen molar-refractivity contribution in [2.75, 3.05) is 58.8 Å². The molecule has 0 bridgehead atoms. The summed E-state index contributed by atoms with van der Waals surface area (Å²) in [5, 5.41) is 12.0. The van der Waals surface area contributed by atoms with E-state index in [-0.39, 0.29) is 17.7 Å². The number of carbonyl (C=O) groups excluding carboxylic acids is 1. The molecule has 1 saturated carbocycles. The molecule has 1 spiro atoms. The second-order valence-electron chi connectivity index (χ2n) is 12.6. The van der Waals surface area contributed by atoms with Crippen molar-refractivity contribution >= 4 is 22.0 Å². The van der Waals surface area contributed by atoms with Crippen LogP contribution in [0.15, 0.2) is 48.5 Å². The fourth-order valence-electron chi connectivity index (χ4n) is 6.86. The van der Waals surface area contributed by atoms with Crippen molar-refractivity contribution in [3.63, 3.8) is 0 Å². The molecule has 7 nitrogen and oxygen atoms in total. The van der Waals surface area contributed by atoms with Gasteiger partial charge in [-0.05, 0) is 74.4 Å². The Morgan fingerprint density at radius 1 is 0.977 bits per heavy atom. The minimum absolute atomic E-state index is 0.00474. The average molecular weight is 682 g/mol. The van der Waals surface area contributed by atoms with E-state index in [1.807, 2.05) is 28.8 Å². The highest BCUT2D eigenvalue weighted by Crippen LogP contribution is 2.41. The van der Waals surface area contributed by atoms with Crippen molar-refractivity contribution < 1.29 is 27.8 Å². The number of ether oxygens (including phenoxy) is 1. The molecular formula is C33H44BrF3N4O3. The van der Waals surface area contributed by atoms with Crippen LogP contribution in [-0.4, -0.2) is 107 Å². The molecule has 3 fully saturated rings. The smallest absolute Gasteiger partial charge is 0.375 e. The summed E-state index contributed by atoms with van der Waals surface area (Å²) in [6, 6.07) is 12.8. The standard InChI is InChI=1S/C33H44BrF3N4O3/c1-38(20-21-40(19-17-34)28-11-14-32(15-12-28)16-22-44-32)31(43)41-18-13-29(23-41)39(2)30(42)26-5-3-24(4-6-26)25-7-9-27(10-8-25)33(35,36)37/h3-10,28-30,42H,11-23H2,1-2H3/t28?,29-,30?,32?/m0/s1. The Balaban J connectivity index is 1.10. The lowest BCUT2D eigenvalue weighted by Crippen LogP contribution is -2.52. The molecule has 2 aliphatic heterocycles. The van der Waals surface area contributed by atoms with Gasteiger partial charge in [-0.1, -0.05) is 52.3 Å². The van der Waals surface area contributed by atoms with Gasteiger partial charge in [0.05, 0.1) is 17.8 Å². The number of halogens is 4. The highest BCUT2D eigenvalue weighted by atomic mass is 79.9. The lowest BCUT2D eigenvalue weighted by Gasteiger charge is -2.48. The third-order valence-electron chi connectivity index (χ3n) is 9.92. The highest BCUT2D eigenvalue weighted by molar-refractivity contribution is 9.09. The molecule has 2 amide bonds. The lowest BCUT2D eigenvalue weighted by molar-refractivity contribution is -0.171. The van der Waals surface area contributed by atoms with Gasteiger partial charge in [0, 0.05) is 57.2 Å². The minimum atomic E-state index is -4.37. The van der Waals surface area contributed by atoms with E-state index in [0.717, 1.165) is 74.8 Å². The molecule has 2 aromatic rings. The van der Waals surface area contributed by atoms with Gasteiger partial charge in [-0.2, -0.15) is 13.2 Å². The molecule has 0 radical (unpaired) electrons. The topological polar surface area (TPSA) is 59.5 Å². The van der Waals surface area contributed by atoms with Crippen LogP contribution in [0, 0.1) is 0 Å². The number of amides is 2. The first kappa shape index (κ1) is 33.2. The second-order valence-corrected chi connectivity index (χ2v) is 13.4. The van der Waals surface area contributed by atoms with Crippen LogP contribution in [0.25, 0.3) is 11.1 Å². The van der Waals surface area contributed by atoms with Crippen LogP contribution in [0.4, 0.5) is 18.0 Å². The van der Waals surface area contributed by atoms with Crippen molar-refractivity contribution in [3.8, 4) is 11.1 Å². The first-order valence-electron chi connectivity index (χ1n) is 15.6. The van der Waals surface area contributed by atoms with E-state index in [1.54, 1.807) is 24.3 Å². The Labute approximate surface area is 267 Å². The van der Waals surface area contributed by atoms with Gasteiger partial charge in [0.2, 0.25) is 0 Å². The maximum Gasteiger partial charge on any atom is 0.416 e. The number of aliphatic hydroxyl groups is 1. The summed E-state index contributed by atoms with van der Waals surface area (Å²) in [5.74, 6) is 0. The van der Waals surface area contributed by atoms with Crippen LogP contribution >= 0.6 is 15.9 Å². The first-order chi connectivity index (χ1) is 21.0. The SMILES string of the molecule is CN(CCN(CCBr)C1CCC2(CCO2)CC1)C(=O)N1CC[C@H](N(C)C(O)c2ccc(-c3ccc(C(F)(F)F)cc3)cc2)C1. The van der Waals surface area contributed by atoms with E-state index >= 15 is 0 Å². The third-order valence-corrected chi connectivity index (χ3v) is 10.3. The summed E-state index contributed by atoms with van der Waals surface area (Å²) in [6.45, 7) is 4.53. The Bertz CT molecular complexity index is 1230. The first-order valence-corrected chi connectivity index (χ1v) is 16.7. The highest BCUT2D eigenvalue weighted by Gasteiger charge is 2.42. The van der Waals surface area contributed by atoms with Crippen molar-refractivity contribution in [2.45, 2.75) is 68.6 Å². The molecule has 1 unspecified atom stereocenters. The van der Waals surface area contributed by atoms with Crippen LogP contribution in [0.5, 0.6) is 0 Å². The largest absolute Gasteiger partial charge is 0.416 e. The Morgan fingerprint density at radius 3 is 2.14 bits per heavy atom. The number of likely N-dealkylation sites (tertiary alicyclic amines) is 1. The molecule has 3 aliphatic rings. The summed E-state index contributed by atoms with van der Waals surface area (Å²) >= 11 is 3.61. The monoisotopic (exact) mass is 680 g/mol. The molecule has 5 rings (SSSR count). The molecule has 2 aromatic carbocycles. The number of likely N-dealkylation sites (N-methyl/N-ethyl adjacent to an activating group) is 2. The molecule has 1 N–H and O–H groups in total. The molecule has 2 heterocycles. The molecule has 44 heavy (non-hydrogen) atoms. The van der Waals surface area contributed by atoms with Gasteiger partial charge in [-0.25, -0.2) is 4.79 Å². The third kappa shape index (κ3) is 7.61. The summed E-state index contributed by atoms with van der Waals surface area (Å²) in [5.41, 5.74) is 1.60. The normalized spacial score (nSPS) is 24.6. The molecule has 11 heteroatoms. The second kappa shape index (κ2) is 14.1. The van der Waals surface area contributed by atoms with Crippen LogP contribution in [0.1, 0.15) is 55.9 Å². The lowest BCUT2D eigenvalue weighted by atomic mass is 9.77. The predicted octanol–water partition coefficient (Wildman–Crippen LogP) is 6.22. The van der Waals surface area contributed by atoms with Crippen molar-refractivity contribution in [1.82, 2.24) is 19.6 Å². The summed E-state index contributed by atoms with van der Waals surface area (Å²) < 4.78 is 44.6. The van der Waals surface area contributed by atoms with Crippen LogP contribution in [0.2, 0.25) is 0 Å². The van der Waals surface area contributed by atoms with Gasteiger partial charge >= 0.3 is 12.2 Å². The maximum absolute atomic E-state index is 13.3. The summed E-state index contributed by atoms with van der Waals surface area (Å²) in [6.07, 6.45) is 1.26. The number of rotatable bonds is 10. The number of alkyl halides is 4. The van der Waals surface area contributed by atoms with Gasteiger partial charge in [0.25, 0.3) is 0 Å². The zero-order valence-electron chi connectivity index (χ0n) is 25.6. The van der Waals surface area contributed by atoms with E-state index in [2.05, 4.69) is 20.8 Å². The zero-order valence-corrected chi connectivity index (χ0v) is 27.2. The van der Waals surface area contributed by atoms with E-state index in [9.17, 15) is 23.1 Å². The van der Waals surface area contributed by atoms with Gasteiger partial charge in [0.1, 0.15) is 6.23 Å². The number of benzene rings is 2. The van der Waals surface area contributed by atoms with Crippen LogP contribution < -0.4 is 0 Å². The van der Waals surface area contributed by atoms with Crippen molar-refractivity contribution in [1.29, 1.82) is 0 Å².